The molecule has 1 aliphatic rings. The van der Waals surface area contributed by atoms with E-state index in [1.807, 2.05) is 46.1 Å². The van der Waals surface area contributed by atoms with Crippen molar-refractivity contribution in [3.8, 4) is 0 Å². The van der Waals surface area contributed by atoms with Crippen LogP contribution in [0.3, 0.4) is 0 Å². The van der Waals surface area contributed by atoms with E-state index < -0.39 is 0 Å². The topological polar surface area (TPSA) is 53.7 Å². The van der Waals surface area contributed by atoms with Crippen molar-refractivity contribution in [3.63, 3.8) is 0 Å². The summed E-state index contributed by atoms with van der Waals surface area (Å²) >= 11 is 1.64. The van der Waals surface area contributed by atoms with Gasteiger partial charge in [-0.25, -0.2) is 4.98 Å². The van der Waals surface area contributed by atoms with Gasteiger partial charge in [0.25, 0.3) is 0 Å². The monoisotopic (exact) mass is 381 g/mol. The summed E-state index contributed by atoms with van der Waals surface area (Å²) in [5, 5.41) is 0. The lowest BCUT2D eigenvalue weighted by Crippen LogP contribution is -2.49. The SMILES string of the molecule is Cc1ccc2nc(CSCC(=O)N3CCN(c4ccncc4)CC3)cn2c1. The van der Waals surface area contributed by atoms with Gasteiger partial charge in [0, 0.05) is 62.4 Å². The van der Waals surface area contributed by atoms with Crippen LogP contribution < -0.4 is 4.90 Å². The number of amides is 1. The van der Waals surface area contributed by atoms with E-state index in [-0.39, 0.29) is 5.91 Å². The van der Waals surface area contributed by atoms with Gasteiger partial charge in [0.1, 0.15) is 5.65 Å². The second-order valence-corrected chi connectivity index (χ2v) is 7.76. The number of fused-ring (bicyclic) bond motifs is 1. The normalized spacial score (nSPS) is 14.7. The molecule has 4 rings (SSSR count). The van der Waals surface area contributed by atoms with Crippen molar-refractivity contribution in [1.82, 2.24) is 19.3 Å². The Hall–Kier alpha value is -2.54. The van der Waals surface area contributed by atoms with Crippen LogP contribution in [0.4, 0.5) is 5.69 Å². The Labute approximate surface area is 163 Å². The molecular formula is C20H23N5OS. The van der Waals surface area contributed by atoms with E-state index in [4.69, 9.17) is 0 Å². The Morgan fingerprint density at radius 3 is 2.63 bits per heavy atom. The molecule has 7 heteroatoms. The highest BCUT2D eigenvalue weighted by molar-refractivity contribution is 7.99. The van der Waals surface area contributed by atoms with Crippen molar-refractivity contribution in [2.75, 3.05) is 36.8 Å². The third-order valence-corrected chi connectivity index (χ3v) is 5.74. The molecule has 1 aliphatic heterocycles. The molecule has 140 valence electrons. The molecule has 1 fully saturated rings. The summed E-state index contributed by atoms with van der Waals surface area (Å²) in [5.74, 6) is 1.47. The van der Waals surface area contributed by atoms with Gasteiger partial charge in [0.2, 0.25) is 5.91 Å². The first-order valence-corrected chi connectivity index (χ1v) is 10.3. The smallest absolute Gasteiger partial charge is 0.232 e. The van der Waals surface area contributed by atoms with E-state index >= 15 is 0 Å². The standard InChI is InChI=1S/C20H23N5OS/c1-16-2-3-19-22-17(13-25(19)12-16)14-27-15-20(26)24-10-8-23(9-11-24)18-4-6-21-7-5-18/h2-7,12-13H,8-11,14-15H2,1H3. The first kappa shape index (κ1) is 17.9. The molecule has 0 N–H and O–H groups in total. The Kier molecular flexibility index (Phi) is 5.29. The predicted molar refractivity (Wildman–Crippen MR) is 109 cm³/mol. The number of hydrogen-bond acceptors (Lipinski definition) is 5. The number of anilines is 1. The number of imidazole rings is 1. The molecule has 0 unspecified atom stereocenters. The van der Waals surface area contributed by atoms with Gasteiger partial charge in [0.15, 0.2) is 0 Å². The van der Waals surface area contributed by atoms with Crippen LogP contribution in [0, 0.1) is 6.92 Å². The zero-order valence-corrected chi connectivity index (χ0v) is 16.2. The summed E-state index contributed by atoms with van der Waals surface area (Å²) in [6.45, 7) is 5.35. The maximum atomic E-state index is 12.5. The number of thioether (sulfide) groups is 1. The Bertz CT molecular complexity index is 919. The van der Waals surface area contributed by atoms with Crippen molar-refractivity contribution in [2.45, 2.75) is 12.7 Å². The molecule has 1 amide bonds. The summed E-state index contributed by atoms with van der Waals surface area (Å²) in [5.41, 5.74) is 4.35. The van der Waals surface area contributed by atoms with Crippen molar-refractivity contribution < 1.29 is 4.79 Å². The zero-order chi connectivity index (χ0) is 18.6. The number of nitrogens with zero attached hydrogens (tertiary/aromatic N) is 5. The summed E-state index contributed by atoms with van der Waals surface area (Å²) < 4.78 is 2.05. The van der Waals surface area contributed by atoms with Crippen molar-refractivity contribution >= 4 is 29.0 Å². The number of carbonyl (C=O) groups excluding carboxylic acids is 1. The van der Waals surface area contributed by atoms with Gasteiger partial charge in [-0.15, -0.1) is 11.8 Å². The molecule has 0 atom stereocenters. The van der Waals surface area contributed by atoms with Crippen LogP contribution in [-0.4, -0.2) is 57.1 Å². The number of piperazine rings is 1. The van der Waals surface area contributed by atoms with Gasteiger partial charge in [-0.1, -0.05) is 6.07 Å². The maximum absolute atomic E-state index is 12.5. The largest absolute Gasteiger partial charge is 0.368 e. The fourth-order valence-corrected chi connectivity index (χ4v) is 4.14. The highest BCUT2D eigenvalue weighted by Gasteiger charge is 2.21. The van der Waals surface area contributed by atoms with E-state index in [0.29, 0.717) is 5.75 Å². The highest BCUT2D eigenvalue weighted by atomic mass is 32.2. The second kappa shape index (κ2) is 8.00. The van der Waals surface area contributed by atoms with Gasteiger partial charge in [-0.3, -0.25) is 9.78 Å². The van der Waals surface area contributed by atoms with E-state index in [2.05, 4.69) is 34.1 Å². The predicted octanol–water partition coefficient (Wildman–Crippen LogP) is 2.62. The van der Waals surface area contributed by atoms with Gasteiger partial charge < -0.3 is 14.2 Å². The number of rotatable bonds is 5. The van der Waals surface area contributed by atoms with Crippen molar-refractivity contribution in [2.24, 2.45) is 0 Å². The fraction of sp³-hybridized carbons (Fsp3) is 0.350. The molecule has 3 aromatic rings. The molecule has 4 heterocycles. The Balaban J connectivity index is 1.25. The number of aryl methyl sites for hydroxylation is 1. The average Bonchev–Trinajstić information content (AvgIpc) is 3.10. The minimum Gasteiger partial charge on any atom is -0.368 e. The van der Waals surface area contributed by atoms with Crippen molar-refractivity contribution in [1.29, 1.82) is 0 Å². The number of aromatic nitrogens is 3. The lowest BCUT2D eigenvalue weighted by Gasteiger charge is -2.36. The molecule has 0 radical (unpaired) electrons. The lowest BCUT2D eigenvalue weighted by molar-refractivity contribution is -0.128. The minimum atomic E-state index is 0.217. The van der Waals surface area contributed by atoms with E-state index in [0.717, 1.165) is 43.3 Å². The molecule has 1 saturated heterocycles. The molecule has 0 aromatic carbocycles. The van der Waals surface area contributed by atoms with Gasteiger partial charge >= 0.3 is 0 Å². The van der Waals surface area contributed by atoms with Crippen LogP contribution in [0.1, 0.15) is 11.3 Å². The Morgan fingerprint density at radius 2 is 1.85 bits per heavy atom. The van der Waals surface area contributed by atoms with Gasteiger partial charge in [0.05, 0.1) is 11.4 Å². The van der Waals surface area contributed by atoms with Crippen LogP contribution in [0.15, 0.2) is 49.1 Å². The van der Waals surface area contributed by atoms with E-state index in [1.54, 1.807) is 11.8 Å². The van der Waals surface area contributed by atoms with Crippen LogP contribution in [0.5, 0.6) is 0 Å². The molecule has 0 saturated carbocycles. The minimum absolute atomic E-state index is 0.217. The molecular weight excluding hydrogens is 358 g/mol. The summed E-state index contributed by atoms with van der Waals surface area (Å²) in [6.07, 6.45) is 7.74. The van der Waals surface area contributed by atoms with Crippen LogP contribution in [0.2, 0.25) is 0 Å². The zero-order valence-electron chi connectivity index (χ0n) is 15.4. The highest BCUT2D eigenvalue weighted by Crippen LogP contribution is 2.17. The molecule has 0 spiro atoms. The molecule has 3 aromatic heterocycles. The lowest BCUT2D eigenvalue weighted by atomic mass is 10.2. The summed E-state index contributed by atoms with van der Waals surface area (Å²) in [4.78, 5) is 25.4. The molecule has 27 heavy (non-hydrogen) atoms. The van der Waals surface area contributed by atoms with E-state index in [9.17, 15) is 4.79 Å². The average molecular weight is 382 g/mol. The van der Waals surface area contributed by atoms with Crippen LogP contribution in [-0.2, 0) is 10.5 Å². The van der Waals surface area contributed by atoms with Crippen LogP contribution >= 0.6 is 11.8 Å². The van der Waals surface area contributed by atoms with Crippen molar-refractivity contribution in [3.05, 3.63) is 60.3 Å². The first-order valence-electron chi connectivity index (χ1n) is 9.14. The third kappa shape index (κ3) is 4.24. The number of pyridine rings is 2. The Morgan fingerprint density at radius 1 is 1.07 bits per heavy atom. The number of carbonyl (C=O) groups is 1. The van der Waals surface area contributed by atoms with Crippen LogP contribution in [0.25, 0.3) is 5.65 Å². The molecule has 6 nitrogen and oxygen atoms in total. The number of hydrogen-bond donors (Lipinski definition) is 0. The summed E-state index contributed by atoms with van der Waals surface area (Å²) in [6, 6.07) is 8.12. The quantitative estimate of drug-likeness (QED) is 0.680. The summed E-state index contributed by atoms with van der Waals surface area (Å²) in [7, 11) is 0. The fourth-order valence-electron chi connectivity index (χ4n) is 3.33. The van der Waals surface area contributed by atoms with E-state index in [1.165, 1.54) is 11.3 Å². The second-order valence-electron chi connectivity index (χ2n) is 6.77. The van der Waals surface area contributed by atoms with Gasteiger partial charge in [-0.2, -0.15) is 0 Å². The third-order valence-electron chi connectivity index (χ3n) is 4.78. The van der Waals surface area contributed by atoms with Gasteiger partial charge in [-0.05, 0) is 30.7 Å². The molecule has 0 bridgehead atoms. The molecule has 0 aliphatic carbocycles. The first-order chi connectivity index (χ1) is 13.2. The maximum Gasteiger partial charge on any atom is 0.232 e.